The summed E-state index contributed by atoms with van der Waals surface area (Å²) >= 11 is 6.20. The van der Waals surface area contributed by atoms with Crippen molar-refractivity contribution >= 4 is 11.6 Å². The highest BCUT2D eigenvalue weighted by Crippen LogP contribution is 2.41. The third kappa shape index (κ3) is 2.90. The molecule has 1 heterocycles. The van der Waals surface area contributed by atoms with E-state index < -0.39 is 0 Å². The van der Waals surface area contributed by atoms with Gasteiger partial charge in [-0.2, -0.15) is 5.10 Å². The molecule has 0 saturated heterocycles. The number of aromatic nitrogens is 2. The van der Waals surface area contributed by atoms with E-state index in [-0.39, 0.29) is 0 Å². The number of rotatable bonds is 6. The molecule has 0 spiro atoms. The van der Waals surface area contributed by atoms with Crippen molar-refractivity contribution in [2.45, 2.75) is 64.8 Å². The number of hydrogen-bond donors (Lipinski definition) is 0. The van der Waals surface area contributed by atoms with E-state index in [1.165, 1.54) is 31.4 Å². The highest BCUT2D eigenvalue weighted by molar-refractivity contribution is 6.18. The lowest BCUT2D eigenvalue weighted by atomic mass is 9.84. The topological polar surface area (TPSA) is 17.8 Å². The van der Waals surface area contributed by atoms with Gasteiger partial charge in [0.25, 0.3) is 0 Å². The zero-order valence-electron chi connectivity index (χ0n) is 11.7. The molecule has 3 heteroatoms. The summed E-state index contributed by atoms with van der Waals surface area (Å²) in [5, 5.41) is 4.77. The van der Waals surface area contributed by atoms with Crippen molar-refractivity contribution < 1.29 is 0 Å². The highest BCUT2D eigenvalue weighted by Gasteiger charge is 2.33. The minimum atomic E-state index is 0.328. The molecule has 1 aromatic rings. The Labute approximate surface area is 116 Å². The van der Waals surface area contributed by atoms with Crippen LogP contribution in [0.4, 0.5) is 0 Å². The van der Waals surface area contributed by atoms with E-state index in [1.54, 1.807) is 0 Å². The fraction of sp³-hybridized carbons (Fsp3) is 0.800. The Morgan fingerprint density at radius 2 is 2.00 bits per heavy atom. The summed E-state index contributed by atoms with van der Waals surface area (Å²) in [6.07, 6.45) is 10.7. The van der Waals surface area contributed by atoms with Crippen molar-refractivity contribution in [3.8, 4) is 0 Å². The molecule has 1 aliphatic rings. The van der Waals surface area contributed by atoms with Crippen LogP contribution in [0, 0.1) is 5.41 Å². The van der Waals surface area contributed by atoms with E-state index in [1.807, 2.05) is 0 Å². The summed E-state index contributed by atoms with van der Waals surface area (Å²) in [5.74, 6) is 0.783. The van der Waals surface area contributed by atoms with E-state index >= 15 is 0 Å². The van der Waals surface area contributed by atoms with Crippen LogP contribution in [-0.2, 0) is 6.42 Å². The minimum absolute atomic E-state index is 0.328. The molecule has 0 unspecified atom stereocenters. The Balaban J connectivity index is 2.06. The zero-order chi connectivity index (χ0) is 13.0. The van der Waals surface area contributed by atoms with Gasteiger partial charge in [-0.1, -0.05) is 26.7 Å². The first-order valence-electron chi connectivity index (χ1n) is 7.33. The molecule has 18 heavy (non-hydrogen) atoms. The van der Waals surface area contributed by atoms with Crippen molar-refractivity contribution in [2.75, 3.05) is 5.88 Å². The van der Waals surface area contributed by atoms with E-state index in [4.69, 9.17) is 16.7 Å². The zero-order valence-corrected chi connectivity index (χ0v) is 12.4. The molecule has 2 nitrogen and oxygen atoms in total. The SMILES string of the molecule is CCC(CC)n1ccc(CC2(CCl)CCCC2)n1. The maximum atomic E-state index is 6.20. The van der Waals surface area contributed by atoms with Crippen molar-refractivity contribution in [1.82, 2.24) is 9.78 Å². The third-order valence-electron chi connectivity index (χ3n) is 4.48. The molecule has 1 saturated carbocycles. The number of nitrogens with zero attached hydrogens (tertiary/aromatic N) is 2. The Bertz CT molecular complexity index is 362. The van der Waals surface area contributed by atoms with E-state index in [9.17, 15) is 0 Å². The predicted molar refractivity (Wildman–Crippen MR) is 77.2 cm³/mol. The first-order valence-corrected chi connectivity index (χ1v) is 7.86. The molecule has 0 radical (unpaired) electrons. The highest BCUT2D eigenvalue weighted by atomic mass is 35.5. The Morgan fingerprint density at radius 3 is 2.56 bits per heavy atom. The minimum Gasteiger partial charge on any atom is -0.269 e. The quantitative estimate of drug-likeness (QED) is 0.690. The van der Waals surface area contributed by atoms with Crippen LogP contribution in [-0.4, -0.2) is 15.7 Å². The van der Waals surface area contributed by atoms with Crippen LogP contribution in [0.1, 0.15) is 64.1 Å². The predicted octanol–water partition coefficient (Wildman–Crippen LogP) is 4.59. The van der Waals surface area contributed by atoms with Gasteiger partial charge >= 0.3 is 0 Å². The molecule has 102 valence electrons. The summed E-state index contributed by atoms with van der Waals surface area (Å²) in [6.45, 7) is 4.46. The molecule has 1 aromatic heterocycles. The normalized spacial score (nSPS) is 18.7. The van der Waals surface area contributed by atoms with Crippen molar-refractivity contribution in [3.05, 3.63) is 18.0 Å². The van der Waals surface area contributed by atoms with Crippen LogP contribution in [0.5, 0.6) is 0 Å². The number of hydrogen-bond acceptors (Lipinski definition) is 1. The molecule has 2 rings (SSSR count). The summed E-state index contributed by atoms with van der Waals surface area (Å²) in [5.41, 5.74) is 1.55. The van der Waals surface area contributed by atoms with Crippen LogP contribution in [0.2, 0.25) is 0 Å². The second kappa shape index (κ2) is 6.10. The van der Waals surface area contributed by atoms with Gasteiger partial charge in [0.05, 0.1) is 11.7 Å². The molecular formula is C15H25ClN2. The van der Waals surface area contributed by atoms with Crippen LogP contribution in [0.3, 0.4) is 0 Å². The molecule has 1 fully saturated rings. The number of halogens is 1. The monoisotopic (exact) mass is 268 g/mol. The summed E-state index contributed by atoms with van der Waals surface area (Å²) in [4.78, 5) is 0. The maximum Gasteiger partial charge on any atom is 0.0630 e. The number of alkyl halides is 1. The molecule has 0 aliphatic heterocycles. The fourth-order valence-corrected chi connectivity index (χ4v) is 3.57. The van der Waals surface area contributed by atoms with Crippen molar-refractivity contribution in [1.29, 1.82) is 0 Å². The first-order chi connectivity index (χ1) is 8.73. The Morgan fingerprint density at radius 1 is 1.33 bits per heavy atom. The van der Waals surface area contributed by atoms with Gasteiger partial charge in [0.1, 0.15) is 0 Å². The lowest BCUT2D eigenvalue weighted by Gasteiger charge is -2.25. The fourth-order valence-electron chi connectivity index (χ4n) is 3.20. The first kappa shape index (κ1) is 13.9. The average Bonchev–Trinajstić information content (AvgIpc) is 3.02. The Hall–Kier alpha value is -0.500. The third-order valence-corrected chi connectivity index (χ3v) is 5.05. The van der Waals surface area contributed by atoms with E-state index in [0.29, 0.717) is 11.5 Å². The summed E-state index contributed by atoms with van der Waals surface area (Å²) in [7, 11) is 0. The molecule has 0 bridgehead atoms. The van der Waals surface area contributed by atoms with Crippen LogP contribution < -0.4 is 0 Å². The summed E-state index contributed by atoms with van der Waals surface area (Å²) in [6, 6.07) is 2.74. The lowest BCUT2D eigenvalue weighted by Crippen LogP contribution is -2.22. The van der Waals surface area contributed by atoms with Gasteiger partial charge in [0.15, 0.2) is 0 Å². The molecule has 0 aromatic carbocycles. The van der Waals surface area contributed by atoms with E-state index in [2.05, 4.69) is 30.8 Å². The van der Waals surface area contributed by atoms with Gasteiger partial charge in [-0.15, -0.1) is 11.6 Å². The van der Waals surface area contributed by atoms with Gasteiger partial charge < -0.3 is 0 Å². The summed E-state index contributed by atoms with van der Waals surface area (Å²) < 4.78 is 2.15. The smallest absolute Gasteiger partial charge is 0.0630 e. The maximum absolute atomic E-state index is 6.20. The van der Waals surface area contributed by atoms with Crippen LogP contribution >= 0.6 is 11.6 Å². The van der Waals surface area contributed by atoms with Crippen molar-refractivity contribution in [2.24, 2.45) is 5.41 Å². The average molecular weight is 269 g/mol. The van der Waals surface area contributed by atoms with Gasteiger partial charge in [-0.25, -0.2) is 0 Å². The largest absolute Gasteiger partial charge is 0.269 e. The van der Waals surface area contributed by atoms with Crippen LogP contribution in [0.25, 0.3) is 0 Å². The Kier molecular flexibility index (Phi) is 4.71. The van der Waals surface area contributed by atoms with Gasteiger partial charge in [0, 0.05) is 12.1 Å². The van der Waals surface area contributed by atoms with Gasteiger partial charge in [-0.05, 0) is 43.6 Å². The molecular weight excluding hydrogens is 244 g/mol. The van der Waals surface area contributed by atoms with E-state index in [0.717, 1.165) is 25.1 Å². The molecule has 0 N–H and O–H groups in total. The van der Waals surface area contributed by atoms with Gasteiger partial charge in [-0.3, -0.25) is 4.68 Å². The van der Waals surface area contributed by atoms with Crippen molar-refractivity contribution in [3.63, 3.8) is 0 Å². The molecule has 1 aliphatic carbocycles. The second-order valence-corrected chi connectivity index (χ2v) is 6.04. The van der Waals surface area contributed by atoms with Gasteiger partial charge in [0.2, 0.25) is 0 Å². The van der Waals surface area contributed by atoms with Crippen LogP contribution in [0.15, 0.2) is 12.3 Å². The molecule has 0 amide bonds. The standard InChI is InChI=1S/C15H25ClN2/c1-3-14(4-2)18-10-7-13(17-18)11-15(12-16)8-5-6-9-15/h7,10,14H,3-6,8-9,11-12H2,1-2H3. The molecule has 0 atom stereocenters. The lowest BCUT2D eigenvalue weighted by molar-refractivity contribution is 0.333. The second-order valence-electron chi connectivity index (χ2n) is 5.77.